The molecule has 0 radical (unpaired) electrons. The number of thioether (sulfide) groups is 1. The average Bonchev–Trinajstić information content (AvgIpc) is 2.87. The number of imide groups is 1. The monoisotopic (exact) mass is 409 g/mol. The summed E-state index contributed by atoms with van der Waals surface area (Å²) in [4.78, 5) is 26.3. The Kier molecular flexibility index (Phi) is 5.46. The SMILES string of the molecule is COc1cc(/C=C2\SC(=O)N(Cc3c(Cl)cccc3Cl)C2=O)ccc1O. The molecule has 0 saturated carbocycles. The van der Waals surface area contributed by atoms with Crippen LogP contribution in [0.3, 0.4) is 0 Å². The van der Waals surface area contributed by atoms with Gasteiger partial charge < -0.3 is 9.84 Å². The molecule has 0 spiro atoms. The smallest absolute Gasteiger partial charge is 0.293 e. The highest BCUT2D eigenvalue weighted by molar-refractivity contribution is 8.18. The minimum atomic E-state index is -0.428. The number of carbonyl (C=O) groups is 2. The lowest BCUT2D eigenvalue weighted by molar-refractivity contribution is -0.123. The number of amides is 2. The van der Waals surface area contributed by atoms with Crippen molar-refractivity contribution in [3.05, 3.63) is 62.5 Å². The Bertz CT molecular complexity index is 909. The average molecular weight is 410 g/mol. The fraction of sp³-hybridized carbons (Fsp3) is 0.111. The first kappa shape index (κ1) is 18.6. The molecule has 2 amide bonds. The van der Waals surface area contributed by atoms with E-state index in [2.05, 4.69) is 0 Å². The maximum Gasteiger partial charge on any atom is 0.293 e. The first-order chi connectivity index (χ1) is 12.4. The van der Waals surface area contributed by atoms with Crippen LogP contribution in [0.4, 0.5) is 4.79 Å². The van der Waals surface area contributed by atoms with Gasteiger partial charge in [-0.2, -0.15) is 0 Å². The van der Waals surface area contributed by atoms with Crippen molar-refractivity contribution in [3.63, 3.8) is 0 Å². The molecule has 1 fully saturated rings. The summed E-state index contributed by atoms with van der Waals surface area (Å²) in [5, 5.41) is 10.0. The van der Waals surface area contributed by atoms with Gasteiger partial charge in [-0.15, -0.1) is 0 Å². The Morgan fingerprint density at radius 1 is 1.19 bits per heavy atom. The molecule has 1 saturated heterocycles. The normalized spacial score (nSPS) is 15.8. The molecule has 26 heavy (non-hydrogen) atoms. The van der Waals surface area contributed by atoms with E-state index in [0.717, 1.165) is 16.7 Å². The van der Waals surface area contributed by atoms with Crippen molar-refractivity contribution < 1.29 is 19.4 Å². The van der Waals surface area contributed by atoms with E-state index in [4.69, 9.17) is 27.9 Å². The summed E-state index contributed by atoms with van der Waals surface area (Å²) in [6.45, 7) is -0.000583. The third-order valence-corrected chi connectivity index (χ3v) is 5.37. The Morgan fingerprint density at radius 3 is 2.54 bits per heavy atom. The molecule has 8 heteroatoms. The van der Waals surface area contributed by atoms with Crippen LogP contribution in [0, 0.1) is 0 Å². The van der Waals surface area contributed by atoms with Crippen LogP contribution >= 0.6 is 35.0 Å². The fourth-order valence-electron chi connectivity index (χ4n) is 2.41. The van der Waals surface area contributed by atoms with E-state index in [1.807, 2.05) is 0 Å². The summed E-state index contributed by atoms with van der Waals surface area (Å²) in [5.74, 6) is -0.157. The maximum absolute atomic E-state index is 12.6. The van der Waals surface area contributed by atoms with Crippen LogP contribution in [0.15, 0.2) is 41.3 Å². The third kappa shape index (κ3) is 3.67. The van der Waals surface area contributed by atoms with Gasteiger partial charge in [0, 0.05) is 15.6 Å². The highest BCUT2D eigenvalue weighted by atomic mass is 35.5. The largest absolute Gasteiger partial charge is 0.504 e. The second-order valence-electron chi connectivity index (χ2n) is 5.40. The zero-order chi connectivity index (χ0) is 18.8. The first-order valence-electron chi connectivity index (χ1n) is 7.46. The van der Waals surface area contributed by atoms with E-state index < -0.39 is 11.1 Å². The second-order valence-corrected chi connectivity index (χ2v) is 7.21. The van der Waals surface area contributed by atoms with E-state index in [1.54, 1.807) is 36.4 Å². The van der Waals surface area contributed by atoms with E-state index in [0.29, 0.717) is 21.2 Å². The Balaban J connectivity index is 1.87. The summed E-state index contributed by atoms with van der Waals surface area (Å²) in [7, 11) is 1.43. The number of carbonyl (C=O) groups excluding carboxylic acids is 2. The van der Waals surface area contributed by atoms with Gasteiger partial charge in [0.15, 0.2) is 11.5 Å². The van der Waals surface area contributed by atoms with E-state index in [-0.39, 0.29) is 22.9 Å². The van der Waals surface area contributed by atoms with E-state index >= 15 is 0 Å². The minimum absolute atomic E-state index is 0.000583. The number of phenols is 1. The number of hydrogen-bond donors (Lipinski definition) is 1. The topological polar surface area (TPSA) is 66.8 Å². The fourth-order valence-corrected chi connectivity index (χ4v) is 3.77. The van der Waals surface area contributed by atoms with Gasteiger partial charge >= 0.3 is 0 Å². The number of aromatic hydroxyl groups is 1. The van der Waals surface area contributed by atoms with Crippen molar-refractivity contribution >= 4 is 52.2 Å². The number of halogens is 2. The van der Waals surface area contributed by atoms with Gasteiger partial charge in [0.1, 0.15) is 0 Å². The molecule has 1 aliphatic heterocycles. The lowest BCUT2D eigenvalue weighted by Crippen LogP contribution is -2.27. The number of rotatable bonds is 4. The molecule has 0 aromatic heterocycles. The molecule has 1 heterocycles. The van der Waals surface area contributed by atoms with Crippen molar-refractivity contribution in [1.82, 2.24) is 4.90 Å². The molecule has 1 N–H and O–H groups in total. The second kappa shape index (κ2) is 7.61. The van der Waals surface area contributed by atoms with Gasteiger partial charge in [0.25, 0.3) is 11.1 Å². The van der Waals surface area contributed by atoms with E-state index in [9.17, 15) is 14.7 Å². The Labute approximate surface area is 164 Å². The Morgan fingerprint density at radius 2 is 1.88 bits per heavy atom. The molecule has 0 unspecified atom stereocenters. The quantitative estimate of drug-likeness (QED) is 0.723. The molecule has 0 atom stereocenters. The molecule has 2 aromatic rings. The van der Waals surface area contributed by atoms with Crippen molar-refractivity contribution in [2.24, 2.45) is 0 Å². The lowest BCUT2D eigenvalue weighted by atomic mass is 10.1. The highest BCUT2D eigenvalue weighted by Gasteiger charge is 2.35. The molecule has 134 valence electrons. The predicted octanol–water partition coefficient (Wildman–Crippen LogP) is 4.94. The summed E-state index contributed by atoms with van der Waals surface area (Å²) < 4.78 is 5.05. The van der Waals surface area contributed by atoms with Gasteiger partial charge in [-0.1, -0.05) is 35.3 Å². The molecular formula is C18H13Cl2NO4S. The van der Waals surface area contributed by atoms with Crippen LogP contribution in [0.1, 0.15) is 11.1 Å². The maximum atomic E-state index is 12.6. The molecule has 0 bridgehead atoms. The minimum Gasteiger partial charge on any atom is -0.504 e. The van der Waals surface area contributed by atoms with E-state index in [1.165, 1.54) is 13.2 Å². The zero-order valence-corrected chi connectivity index (χ0v) is 15.9. The summed E-state index contributed by atoms with van der Waals surface area (Å²) in [6, 6.07) is 9.66. The molecule has 2 aromatic carbocycles. The lowest BCUT2D eigenvalue weighted by Gasteiger charge is -2.14. The molecule has 0 aliphatic carbocycles. The summed E-state index contributed by atoms with van der Waals surface area (Å²) in [6.07, 6.45) is 1.57. The van der Waals surface area contributed by atoms with Crippen molar-refractivity contribution in [1.29, 1.82) is 0 Å². The van der Waals surface area contributed by atoms with Gasteiger partial charge in [0.05, 0.1) is 18.6 Å². The number of hydrogen-bond acceptors (Lipinski definition) is 5. The predicted molar refractivity (Wildman–Crippen MR) is 103 cm³/mol. The highest BCUT2D eigenvalue weighted by Crippen LogP contribution is 2.36. The summed E-state index contributed by atoms with van der Waals surface area (Å²) >= 11 is 13.1. The van der Waals surface area contributed by atoms with Crippen molar-refractivity contribution in [2.75, 3.05) is 7.11 Å². The van der Waals surface area contributed by atoms with Gasteiger partial charge in [-0.25, -0.2) is 0 Å². The first-order valence-corrected chi connectivity index (χ1v) is 9.03. The number of methoxy groups -OCH3 is 1. The molecule has 5 nitrogen and oxygen atoms in total. The van der Waals surface area contributed by atoms with Crippen molar-refractivity contribution in [3.8, 4) is 11.5 Å². The van der Waals surface area contributed by atoms with Crippen LogP contribution < -0.4 is 4.74 Å². The molecule has 3 rings (SSSR count). The van der Waals surface area contributed by atoms with Crippen molar-refractivity contribution in [2.45, 2.75) is 6.54 Å². The van der Waals surface area contributed by atoms with Crippen LogP contribution in [0.25, 0.3) is 6.08 Å². The zero-order valence-electron chi connectivity index (χ0n) is 13.5. The van der Waals surface area contributed by atoms with Crippen LogP contribution in [0.2, 0.25) is 10.0 Å². The molecular weight excluding hydrogens is 397 g/mol. The van der Waals surface area contributed by atoms with Gasteiger partial charge in [0.2, 0.25) is 0 Å². The van der Waals surface area contributed by atoms with Crippen LogP contribution in [0.5, 0.6) is 11.5 Å². The number of ether oxygens (including phenoxy) is 1. The number of nitrogens with zero attached hydrogens (tertiary/aromatic N) is 1. The Hall–Kier alpha value is -2.15. The van der Waals surface area contributed by atoms with Gasteiger partial charge in [-0.3, -0.25) is 14.5 Å². The van der Waals surface area contributed by atoms with Crippen LogP contribution in [-0.2, 0) is 11.3 Å². The third-order valence-electron chi connectivity index (χ3n) is 3.75. The number of benzene rings is 2. The summed E-state index contributed by atoms with van der Waals surface area (Å²) in [5.41, 5.74) is 1.15. The van der Waals surface area contributed by atoms with Crippen LogP contribution in [-0.4, -0.2) is 28.3 Å². The standard InChI is InChI=1S/C18H13Cl2NO4S/c1-25-15-7-10(5-6-14(15)22)8-16-17(23)21(18(24)26-16)9-11-12(19)3-2-4-13(11)20/h2-8,22H,9H2,1H3/b16-8-. The number of phenolic OH excluding ortho intramolecular Hbond substituents is 1. The molecule has 1 aliphatic rings. The van der Waals surface area contributed by atoms with Gasteiger partial charge in [-0.05, 0) is 47.7 Å².